The predicted molar refractivity (Wildman–Crippen MR) is 34.8 cm³/mol. The predicted octanol–water partition coefficient (Wildman–Crippen LogP) is 0.403. The molecule has 0 spiro atoms. The maximum absolute atomic E-state index is 10.1. The van der Waals surface area contributed by atoms with E-state index in [1.165, 1.54) is 0 Å². The molecule has 0 aromatic heterocycles. The molecule has 0 fully saturated rings. The van der Waals surface area contributed by atoms with Gasteiger partial charge in [0.25, 0.3) is 0 Å². The van der Waals surface area contributed by atoms with Crippen LogP contribution in [0.4, 0.5) is 0 Å². The third-order valence-electron chi connectivity index (χ3n) is 1.08. The van der Waals surface area contributed by atoms with Gasteiger partial charge in [-0.15, -0.1) is 0 Å². The van der Waals surface area contributed by atoms with Crippen molar-refractivity contribution < 1.29 is 9.90 Å². The fourth-order valence-electron chi connectivity index (χ4n) is 0.488. The van der Waals surface area contributed by atoms with E-state index in [4.69, 9.17) is 10.8 Å². The van der Waals surface area contributed by atoms with E-state index in [1.54, 1.807) is 0 Å². The largest absolute Gasteiger partial charge is 0.480 e. The van der Waals surface area contributed by atoms with E-state index >= 15 is 0 Å². The van der Waals surface area contributed by atoms with Gasteiger partial charge in [-0.05, 0) is 6.42 Å². The molecule has 1 radical (unpaired) electrons. The number of carbonyl (C=O) groups is 1. The molecule has 0 amide bonds. The Balaban J connectivity index is 3.27. The molecule has 0 aliphatic rings. The smallest absolute Gasteiger partial charge is 0.320 e. The monoisotopic (exact) mass is 130 g/mol. The molecule has 53 valence electrons. The first-order valence-electron chi connectivity index (χ1n) is 2.96. The first-order valence-corrected chi connectivity index (χ1v) is 2.96. The van der Waals surface area contributed by atoms with Crippen molar-refractivity contribution in [2.24, 2.45) is 5.73 Å². The lowest BCUT2D eigenvalue weighted by Gasteiger charge is -2.02. The zero-order valence-electron chi connectivity index (χ0n) is 5.34. The van der Waals surface area contributed by atoms with Gasteiger partial charge in [-0.1, -0.05) is 19.8 Å². The highest BCUT2D eigenvalue weighted by molar-refractivity contribution is 5.72. The van der Waals surface area contributed by atoms with Crippen LogP contribution in [-0.4, -0.2) is 17.1 Å². The summed E-state index contributed by atoms with van der Waals surface area (Å²) in [6.07, 6.45) is 2.06. The zero-order chi connectivity index (χ0) is 7.28. The molecule has 0 aromatic rings. The number of aliphatic carboxylic acids is 1. The lowest BCUT2D eigenvalue weighted by molar-refractivity contribution is -0.138. The van der Waals surface area contributed by atoms with Crippen LogP contribution in [0.2, 0.25) is 0 Å². The van der Waals surface area contributed by atoms with Crippen molar-refractivity contribution >= 4 is 5.97 Å². The molecule has 0 aromatic carbocycles. The van der Waals surface area contributed by atoms with Crippen molar-refractivity contribution in [3.05, 3.63) is 6.92 Å². The SMILES string of the molecule is [CH2]CCC[C@H](N)C(=O)O. The lowest BCUT2D eigenvalue weighted by atomic mass is 10.1. The maximum Gasteiger partial charge on any atom is 0.320 e. The molecule has 0 saturated carbocycles. The van der Waals surface area contributed by atoms with Gasteiger partial charge >= 0.3 is 5.97 Å². The van der Waals surface area contributed by atoms with E-state index in [-0.39, 0.29) is 0 Å². The Bertz CT molecular complexity index is 93.1. The van der Waals surface area contributed by atoms with Crippen molar-refractivity contribution in [3.63, 3.8) is 0 Å². The van der Waals surface area contributed by atoms with E-state index in [9.17, 15) is 4.79 Å². The Morgan fingerprint density at radius 1 is 1.78 bits per heavy atom. The van der Waals surface area contributed by atoms with Crippen LogP contribution in [0, 0.1) is 6.92 Å². The van der Waals surface area contributed by atoms with Gasteiger partial charge in [-0.25, -0.2) is 0 Å². The summed E-state index contributed by atoms with van der Waals surface area (Å²) in [4.78, 5) is 10.1. The minimum atomic E-state index is -0.927. The Morgan fingerprint density at radius 3 is 2.67 bits per heavy atom. The molecule has 0 aliphatic heterocycles. The van der Waals surface area contributed by atoms with E-state index in [0.29, 0.717) is 6.42 Å². The first-order chi connectivity index (χ1) is 4.18. The van der Waals surface area contributed by atoms with Gasteiger partial charge in [0.1, 0.15) is 6.04 Å². The summed E-state index contributed by atoms with van der Waals surface area (Å²) in [6, 6.07) is -0.702. The van der Waals surface area contributed by atoms with Crippen LogP contribution >= 0.6 is 0 Å². The van der Waals surface area contributed by atoms with Gasteiger partial charge in [0, 0.05) is 0 Å². The van der Waals surface area contributed by atoms with Gasteiger partial charge < -0.3 is 10.8 Å². The van der Waals surface area contributed by atoms with Crippen molar-refractivity contribution in [1.29, 1.82) is 0 Å². The second kappa shape index (κ2) is 4.32. The lowest BCUT2D eigenvalue weighted by Crippen LogP contribution is -2.29. The van der Waals surface area contributed by atoms with Gasteiger partial charge in [0.2, 0.25) is 0 Å². The van der Waals surface area contributed by atoms with Gasteiger partial charge in [0.15, 0.2) is 0 Å². The standard InChI is InChI=1S/C6H12NO2/c1-2-3-4-5(7)6(8)9/h5H,1-4,7H2,(H,8,9)/t5-/m0/s1. The van der Waals surface area contributed by atoms with Crippen LogP contribution in [0.1, 0.15) is 19.3 Å². The van der Waals surface area contributed by atoms with E-state index in [1.807, 2.05) is 0 Å². The number of nitrogens with two attached hydrogens (primary N) is 1. The van der Waals surface area contributed by atoms with Crippen LogP contribution in [0.25, 0.3) is 0 Å². The van der Waals surface area contributed by atoms with Crippen LogP contribution < -0.4 is 5.73 Å². The van der Waals surface area contributed by atoms with Gasteiger partial charge in [-0.2, -0.15) is 0 Å². The molecule has 1 atom stereocenters. The number of hydrogen-bond acceptors (Lipinski definition) is 2. The molecular formula is C6H12NO2. The molecule has 3 N–H and O–H groups in total. The average molecular weight is 130 g/mol. The third-order valence-corrected chi connectivity index (χ3v) is 1.08. The highest BCUT2D eigenvalue weighted by Crippen LogP contribution is 1.96. The van der Waals surface area contributed by atoms with Crippen LogP contribution in [0.5, 0.6) is 0 Å². The molecule has 0 bridgehead atoms. The van der Waals surface area contributed by atoms with Crippen molar-refractivity contribution in [2.75, 3.05) is 0 Å². The molecule has 0 unspecified atom stereocenters. The highest BCUT2D eigenvalue weighted by Gasteiger charge is 2.08. The summed E-state index contributed by atoms with van der Waals surface area (Å²) >= 11 is 0. The van der Waals surface area contributed by atoms with Crippen LogP contribution in [0.3, 0.4) is 0 Å². The zero-order valence-corrected chi connectivity index (χ0v) is 5.34. The van der Waals surface area contributed by atoms with E-state index in [2.05, 4.69) is 6.92 Å². The van der Waals surface area contributed by atoms with Crippen LogP contribution in [0.15, 0.2) is 0 Å². The second-order valence-corrected chi connectivity index (χ2v) is 1.94. The Kier molecular flexibility index (Phi) is 4.05. The molecule has 9 heavy (non-hydrogen) atoms. The summed E-state index contributed by atoms with van der Waals surface area (Å²) in [7, 11) is 0. The van der Waals surface area contributed by atoms with Gasteiger partial charge in [-0.3, -0.25) is 4.79 Å². The normalized spacial score (nSPS) is 13.1. The molecule has 0 heterocycles. The average Bonchev–Trinajstić information content (AvgIpc) is 1.82. The van der Waals surface area contributed by atoms with Crippen LogP contribution in [-0.2, 0) is 4.79 Å². The van der Waals surface area contributed by atoms with E-state index < -0.39 is 12.0 Å². The van der Waals surface area contributed by atoms with E-state index in [0.717, 1.165) is 12.8 Å². The minimum absolute atomic E-state index is 0.527. The summed E-state index contributed by atoms with van der Waals surface area (Å²) in [5.74, 6) is -0.927. The summed E-state index contributed by atoms with van der Waals surface area (Å²) < 4.78 is 0. The fourth-order valence-corrected chi connectivity index (χ4v) is 0.488. The summed E-state index contributed by atoms with van der Waals surface area (Å²) in [6.45, 7) is 3.57. The second-order valence-electron chi connectivity index (χ2n) is 1.94. The summed E-state index contributed by atoms with van der Waals surface area (Å²) in [5.41, 5.74) is 5.18. The number of rotatable bonds is 4. The Labute approximate surface area is 54.9 Å². The van der Waals surface area contributed by atoms with Crippen molar-refractivity contribution in [2.45, 2.75) is 25.3 Å². The quantitative estimate of drug-likeness (QED) is 0.579. The Hall–Kier alpha value is -0.570. The van der Waals surface area contributed by atoms with Crippen molar-refractivity contribution in [1.82, 2.24) is 0 Å². The molecule has 0 saturated heterocycles. The molecule has 3 nitrogen and oxygen atoms in total. The number of carboxylic acids is 1. The molecule has 3 heteroatoms. The van der Waals surface area contributed by atoms with Gasteiger partial charge in [0.05, 0.1) is 0 Å². The van der Waals surface area contributed by atoms with Crippen molar-refractivity contribution in [3.8, 4) is 0 Å². The fraction of sp³-hybridized carbons (Fsp3) is 0.667. The number of carboxylic acid groups (broad SMARTS) is 1. The third kappa shape index (κ3) is 3.97. The number of unbranched alkanes of at least 4 members (excludes halogenated alkanes) is 1. The number of hydrogen-bond donors (Lipinski definition) is 2. The first kappa shape index (κ1) is 8.43. The molecule has 0 rings (SSSR count). The molecular weight excluding hydrogens is 118 g/mol. The summed E-state index contributed by atoms with van der Waals surface area (Å²) in [5, 5.41) is 8.26. The Morgan fingerprint density at radius 2 is 2.33 bits per heavy atom. The molecule has 0 aliphatic carbocycles. The topological polar surface area (TPSA) is 63.3 Å². The maximum atomic E-state index is 10.1. The highest BCUT2D eigenvalue weighted by atomic mass is 16.4. The minimum Gasteiger partial charge on any atom is -0.480 e.